The first kappa shape index (κ1) is 17.2. The molecule has 126 valence electrons. The predicted octanol–water partition coefficient (Wildman–Crippen LogP) is 2.26. The van der Waals surface area contributed by atoms with E-state index in [1.165, 1.54) is 25.1 Å². The Hall–Kier alpha value is -3.16. The number of ether oxygens (including phenoxy) is 1. The number of hydrogen-bond donors (Lipinski definition) is 2. The van der Waals surface area contributed by atoms with Crippen molar-refractivity contribution in [1.29, 1.82) is 0 Å². The van der Waals surface area contributed by atoms with Crippen LogP contribution in [0.2, 0.25) is 0 Å². The van der Waals surface area contributed by atoms with Gasteiger partial charge in [0.1, 0.15) is 22.7 Å². The van der Waals surface area contributed by atoms with Gasteiger partial charge in [-0.2, -0.15) is 0 Å². The number of rotatable bonds is 5. The number of carbonyl (C=O) groups is 3. The van der Waals surface area contributed by atoms with E-state index in [9.17, 15) is 18.8 Å². The van der Waals surface area contributed by atoms with Gasteiger partial charge < -0.3 is 14.9 Å². The number of furan rings is 1. The van der Waals surface area contributed by atoms with Crippen molar-refractivity contribution in [2.45, 2.75) is 13.8 Å². The topological polar surface area (TPSA) is 112 Å². The number of halogens is 1. The molecule has 0 spiro atoms. The highest BCUT2D eigenvalue weighted by Crippen LogP contribution is 2.28. The lowest BCUT2D eigenvalue weighted by Gasteiger charge is -2.05. The number of carbonyl (C=O) groups excluding carboxylic acids is 3. The average Bonchev–Trinajstić information content (AvgIpc) is 2.83. The Kier molecular flexibility index (Phi) is 4.98. The normalized spacial score (nSPS) is 10.3. The molecule has 0 saturated carbocycles. The average molecular weight is 334 g/mol. The fourth-order valence-corrected chi connectivity index (χ4v) is 2.12. The van der Waals surface area contributed by atoms with Gasteiger partial charge in [0.15, 0.2) is 0 Å². The van der Waals surface area contributed by atoms with Crippen molar-refractivity contribution in [2.75, 3.05) is 11.9 Å². The summed E-state index contributed by atoms with van der Waals surface area (Å²) in [6.45, 7) is 3.12. The number of benzene rings is 1. The number of amides is 2. The van der Waals surface area contributed by atoms with Crippen molar-refractivity contribution in [1.82, 2.24) is 0 Å². The molecule has 7 nitrogen and oxygen atoms in total. The maximum Gasteiger partial charge on any atom is 0.342 e. The Bertz CT molecular complexity index is 813. The first-order valence-electron chi connectivity index (χ1n) is 7.02. The van der Waals surface area contributed by atoms with Crippen molar-refractivity contribution in [2.24, 2.45) is 5.73 Å². The minimum atomic E-state index is -0.968. The molecule has 2 aromatic rings. The predicted molar refractivity (Wildman–Crippen MR) is 82.3 cm³/mol. The van der Waals surface area contributed by atoms with Crippen LogP contribution in [0.15, 0.2) is 28.7 Å². The Labute approximate surface area is 136 Å². The minimum absolute atomic E-state index is 0.0113. The summed E-state index contributed by atoms with van der Waals surface area (Å²) in [6.07, 6.45) is 0. The van der Waals surface area contributed by atoms with E-state index >= 15 is 0 Å². The van der Waals surface area contributed by atoms with E-state index in [2.05, 4.69) is 5.32 Å². The molecule has 0 fully saturated rings. The molecule has 1 aromatic carbocycles. The number of nitrogens with two attached hydrogens (primary N) is 1. The van der Waals surface area contributed by atoms with Crippen LogP contribution in [-0.4, -0.2) is 24.4 Å². The van der Waals surface area contributed by atoms with Gasteiger partial charge in [0.25, 0.3) is 11.8 Å². The second kappa shape index (κ2) is 6.95. The minimum Gasteiger partial charge on any atom is -0.462 e. The van der Waals surface area contributed by atoms with Gasteiger partial charge in [-0.05, 0) is 32.0 Å². The molecule has 1 aromatic heterocycles. The van der Waals surface area contributed by atoms with Crippen LogP contribution in [0.4, 0.5) is 10.3 Å². The van der Waals surface area contributed by atoms with Gasteiger partial charge in [-0.3, -0.25) is 14.9 Å². The molecule has 8 heteroatoms. The van der Waals surface area contributed by atoms with Crippen LogP contribution in [-0.2, 0) is 4.74 Å². The van der Waals surface area contributed by atoms with E-state index in [1.54, 1.807) is 6.92 Å². The van der Waals surface area contributed by atoms with Gasteiger partial charge in [0.05, 0.1) is 6.61 Å². The van der Waals surface area contributed by atoms with E-state index < -0.39 is 23.6 Å². The van der Waals surface area contributed by atoms with Crippen molar-refractivity contribution >= 4 is 23.7 Å². The smallest absolute Gasteiger partial charge is 0.342 e. The number of esters is 1. The molecule has 0 aliphatic heterocycles. The molecule has 0 radical (unpaired) electrons. The molecule has 3 N–H and O–H groups in total. The summed E-state index contributed by atoms with van der Waals surface area (Å²) >= 11 is 0. The first-order chi connectivity index (χ1) is 11.3. The number of primary amides is 1. The highest BCUT2D eigenvalue weighted by atomic mass is 19.1. The number of anilines is 1. The third-order valence-electron chi connectivity index (χ3n) is 3.12. The Balaban J connectivity index is 2.40. The van der Waals surface area contributed by atoms with Crippen LogP contribution < -0.4 is 11.1 Å². The second-order valence-electron chi connectivity index (χ2n) is 4.79. The van der Waals surface area contributed by atoms with Crippen molar-refractivity contribution in [3.63, 3.8) is 0 Å². The van der Waals surface area contributed by atoms with E-state index in [4.69, 9.17) is 14.9 Å². The summed E-state index contributed by atoms with van der Waals surface area (Å²) in [5, 5.41) is 2.31. The molecule has 0 aliphatic rings. The number of nitrogens with one attached hydrogen (secondary N) is 1. The summed E-state index contributed by atoms with van der Waals surface area (Å²) in [7, 11) is 0. The van der Waals surface area contributed by atoms with Crippen molar-refractivity contribution in [3.05, 3.63) is 52.5 Å². The summed E-state index contributed by atoms with van der Waals surface area (Å²) in [4.78, 5) is 35.8. The molecule has 0 bridgehead atoms. The van der Waals surface area contributed by atoms with E-state index in [1.807, 2.05) is 0 Å². The standard InChI is InChI=1S/C16H15FN2O5/c1-3-23-16(22)11-8(2)24-15(12(11)13(18)20)19-14(21)9-5-4-6-10(17)7-9/h4-7H,3H2,1-2H3,(H2,18,20)(H,19,21). The molecule has 0 aliphatic carbocycles. The first-order valence-corrected chi connectivity index (χ1v) is 7.02. The summed E-state index contributed by atoms with van der Waals surface area (Å²) in [5.74, 6) is -3.31. The van der Waals surface area contributed by atoms with Gasteiger partial charge >= 0.3 is 5.97 Å². The zero-order valence-electron chi connectivity index (χ0n) is 13.0. The summed E-state index contributed by atoms with van der Waals surface area (Å²) in [6, 6.07) is 4.93. The lowest BCUT2D eigenvalue weighted by molar-refractivity contribution is 0.0521. The Morgan fingerprint density at radius 1 is 1.29 bits per heavy atom. The molecular formula is C16H15FN2O5. The third kappa shape index (κ3) is 3.43. The number of aryl methyl sites for hydroxylation is 1. The maximum atomic E-state index is 13.2. The molecular weight excluding hydrogens is 319 g/mol. The molecule has 0 atom stereocenters. The van der Waals surface area contributed by atoms with Crippen LogP contribution in [0, 0.1) is 12.7 Å². The quantitative estimate of drug-likeness (QED) is 0.815. The van der Waals surface area contributed by atoms with Gasteiger partial charge in [-0.25, -0.2) is 9.18 Å². The maximum absolute atomic E-state index is 13.2. The van der Waals surface area contributed by atoms with Crippen molar-refractivity contribution < 1.29 is 27.9 Å². The number of hydrogen-bond acceptors (Lipinski definition) is 5. The third-order valence-corrected chi connectivity index (χ3v) is 3.12. The fourth-order valence-electron chi connectivity index (χ4n) is 2.12. The summed E-state index contributed by atoms with van der Waals surface area (Å²) < 4.78 is 23.3. The van der Waals surface area contributed by atoms with Crippen LogP contribution in [0.25, 0.3) is 0 Å². The van der Waals surface area contributed by atoms with E-state index in [0.29, 0.717) is 0 Å². The molecule has 0 unspecified atom stereocenters. The van der Waals surface area contributed by atoms with Crippen LogP contribution in [0.3, 0.4) is 0 Å². The zero-order chi connectivity index (χ0) is 17.9. The van der Waals surface area contributed by atoms with Crippen LogP contribution >= 0.6 is 0 Å². The molecule has 2 rings (SSSR count). The van der Waals surface area contributed by atoms with Gasteiger partial charge in [0, 0.05) is 5.56 Å². The molecule has 24 heavy (non-hydrogen) atoms. The Morgan fingerprint density at radius 2 is 2.00 bits per heavy atom. The highest BCUT2D eigenvalue weighted by Gasteiger charge is 2.29. The van der Waals surface area contributed by atoms with Crippen LogP contribution in [0.5, 0.6) is 0 Å². The Morgan fingerprint density at radius 3 is 2.58 bits per heavy atom. The van der Waals surface area contributed by atoms with Crippen molar-refractivity contribution in [3.8, 4) is 0 Å². The monoisotopic (exact) mass is 334 g/mol. The molecule has 1 heterocycles. The van der Waals surface area contributed by atoms with E-state index in [-0.39, 0.29) is 34.9 Å². The van der Waals surface area contributed by atoms with Crippen LogP contribution in [0.1, 0.15) is 43.8 Å². The van der Waals surface area contributed by atoms with Gasteiger partial charge in [-0.15, -0.1) is 0 Å². The van der Waals surface area contributed by atoms with Gasteiger partial charge in [-0.1, -0.05) is 6.07 Å². The largest absolute Gasteiger partial charge is 0.462 e. The SMILES string of the molecule is CCOC(=O)c1c(C)oc(NC(=O)c2cccc(F)c2)c1C(N)=O. The molecule has 0 saturated heterocycles. The lowest BCUT2D eigenvalue weighted by atomic mass is 10.1. The van der Waals surface area contributed by atoms with Gasteiger partial charge in [0.2, 0.25) is 5.88 Å². The fraction of sp³-hybridized carbons (Fsp3) is 0.188. The highest BCUT2D eigenvalue weighted by molar-refractivity contribution is 6.12. The van der Waals surface area contributed by atoms with E-state index in [0.717, 1.165) is 6.07 Å². The second-order valence-corrected chi connectivity index (χ2v) is 4.79. The zero-order valence-corrected chi connectivity index (χ0v) is 13.0. The lowest BCUT2D eigenvalue weighted by Crippen LogP contribution is -2.20. The summed E-state index contributed by atoms with van der Waals surface area (Å²) in [5.41, 5.74) is 4.84. The molecule has 2 amide bonds.